The number of carbonyl (C=O) groups excluding carboxylic acids is 2. The van der Waals surface area contributed by atoms with E-state index in [1.54, 1.807) is 7.05 Å². The minimum absolute atomic E-state index is 0.117. The second-order valence-electron chi connectivity index (χ2n) is 8.26. The summed E-state index contributed by atoms with van der Waals surface area (Å²) in [6.45, 7) is 2.08. The van der Waals surface area contributed by atoms with Crippen LogP contribution in [0.2, 0.25) is 0 Å². The minimum Gasteiger partial charge on any atom is -0.490 e. The molecule has 0 unspecified atom stereocenters. The Labute approximate surface area is 177 Å². The third-order valence-corrected chi connectivity index (χ3v) is 5.76. The van der Waals surface area contributed by atoms with Gasteiger partial charge in [-0.3, -0.25) is 5.43 Å². The van der Waals surface area contributed by atoms with Crippen molar-refractivity contribution in [3.8, 4) is 5.75 Å². The maximum atomic E-state index is 14.0. The van der Waals surface area contributed by atoms with Gasteiger partial charge in [0.05, 0.1) is 18.7 Å². The molecule has 7 nitrogen and oxygen atoms in total. The molecule has 0 saturated heterocycles. The molecule has 1 aromatic carbocycles. The van der Waals surface area contributed by atoms with E-state index >= 15 is 0 Å². The van der Waals surface area contributed by atoms with Crippen LogP contribution < -0.4 is 20.9 Å². The molecule has 3 rings (SSSR count). The number of hydrogen-bond acceptors (Lipinski definition) is 5. The normalized spacial score (nSPS) is 16.7. The number of hydrogen-bond donors (Lipinski definition) is 3. The van der Waals surface area contributed by atoms with Crippen molar-refractivity contribution in [3.63, 3.8) is 0 Å². The first-order valence-electron chi connectivity index (χ1n) is 10.9. The SMILES string of the molecule is CNC(=O)N(CC=O)CCCCCNNC1(c2ccc(F)c(OCC3CC3)c2)CC1. The zero-order chi connectivity index (χ0) is 21.4. The molecule has 2 amide bonds. The molecule has 1 aromatic rings. The highest BCUT2D eigenvalue weighted by molar-refractivity contribution is 5.76. The lowest BCUT2D eigenvalue weighted by Gasteiger charge is -2.21. The largest absolute Gasteiger partial charge is 0.490 e. The molecule has 2 aliphatic carbocycles. The van der Waals surface area contributed by atoms with Gasteiger partial charge in [0.2, 0.25) is 0 Å². The van der Waals surface area contributed by atoms with Crippen LogP contribution in [-0.4, -0.2) is 50.5 Å². The van der Waals surface area contributed by atoms with Gasteiger partial charge in [0.15, 0.2) is 11.6 Å². The molecule has 3 N–H and O–H groups in total. The Kier molecular flexibility index (Phi) is 8.04. The maximum absolute atomic E-state index is 14.0. The number of hydrazine groups is 1. The van der Waals surface area contributed by atoms with Gasteiger partial charge in [-0.25, -0.2) is 14.6 Å². The van der Waals surface area contributed by atoms with E-state index in [-0.39, 0.29) is 23.9 Å². The lowest BCUT2D eigenvalue weighted by molar-refractivity contribution is -0.108. The number of ether oxygens (including phenoxy) is 1. The van der Waals surface area contributed by atoms with Crippen LogP contribution in [0.15, 0.2) is 18.2 Å². The van der Waals surface area contributed by atoms with Crippen LogP contribution in [0.5, 0.6) is 5.75 Å². The van der Waals surface area contributed by atoms with Gasteiger partial charge in [0.1, 0.15) is 6.29 Å². The molecule has 2 fully saturated rings. The fourth-order valence-electron chi connectivity index (χ4n) is 3.46. The van der Waals surface area contributed by atoms with E-state index in [9.17, 15) is 14.0 Å². The van der Waals surface area contributed by atoms with Crippen LogP contribution in [-0.2, 0) is 10.3 Å². The van der Waals surface area contributed by atoms with Gasteiger partial charge in [-0.1, -0.05) is 12.5 Å². The average molecular weight is 421 g/mol. The van der Waals surface area contributed by atoms with Gasteiger partial charge in [0, 0.05) is 20.1 Å². The lowest BCUT2D eigenvalue weighted by atomic mass is 10.1. The van der Waals surface area contributed by atoms with Gasteiger partial charge < -0.3 is 19.7 Å². The summed E-state index contributed by atoms with van der Waals surface area (Å²) in [5.41, 5.74) is 7.61. The zero-order valence-corrected chi connectivity index (χ0v) is 17.7. The van der Waals surface area contributed by atoms with Crippen LogP contribution in [0, 0.1) is 11.7 Å². The summed E-state index contributed by atoms with van der Waals surface area (Å²) in [6, 6.07) is 4.94. The second-order valence-corrected chi connectivity index (χ2v) is 8.26. The molecule has 2 aliphatic rings. The molecule has 0 bridgehead atoms. The van der Waals surface area contributed by atoms with E-state index in [0.717, 1.165) is 50.5 Å². The fourth-order valence-corrected chi connectivity index (χ4v) is 3.46. The Balaban J connectivity index is 1.36. The predicted molar refractivity (Wildman–Crippen MR) is 113 cm³/mol. The van der Waals surface area contributed by atoms with E-state index in [2.05, 4.69) is 16.2 Å². The van der Waals surface area contributed by atoms with Crippen LogP contribution in [0.3, 0.4) is 0 Å². The zero-order valence-electron chi connectivity index (χ0n) is 17.7. The van der Waals surface area contributed by atoms with E-state index in [0.29, 0.717) is 24.8 Å². The summed E-state index contributed by atoms with van der Waals surface area (Å²) in [6.07, 6.45) is 7.84. The number of urea groups is 1. The summed E-state index contributed by atoms with van der Waals surface area (Å²) in [5.74, 6) is 0.636. The molecule has 0 spiro atoms. The summed E-state index contributed by atoms with van der Waals surface area (Å²) in [4.78, 5) is 23.8. The van der Waals surface area contributed by atoms with E-state index in [1.165, 1.54) is 23.8 Å². The Morgan fingerprint density at radius 2 is 2.10 bits per heavy atom. The van der Waals surface area contributed by atoms with Crippen molar-refractivity contribution >= 4 is 12.3 Å². The first-order valence-corrected chi connectivity index (χ1v) is 10.9. The van der Waals surface area contributed by atoms with Gasteiger partial charge in [-0.15, -0.1) is 0 Å². The quantitative estimate of drug-likeness (QED) is 0.245. The van der Waals surface area contributed by atoms with Gasteiger partial charge in [0.25, 0.3) is 0 Å². The monoisotopic (exact) mass is 420 g/mol. The third-order valence-electron chi connectivity index (χ3n) is 5.76. The standard InChI is InChI=1S/C22H33FN4O3/c1-24-21(29)27(13-14-28)12-4-2-3-11-25-26-22(9-10-22)18-7-8-19(23)20(15-18)30-16-17-5-6-17/h7-8,14-15,17,25-26H,2-6,9-13,16H2,1H3,(H,24,29). The highest BCUT2D eigenvalue weighted by Gasteiger charge is 2.44. The Hall–Kier alpha value is -2.19. The molecular formula is C22H33FN4O3. The number of amides is 2. The summed E-state index contributed by atoms with van der Waals surface area (Å²) < 4.78 is 19.7. The summed E-state index contributed by atoms with van der Waals surface area (Å²) in [7, 11) is 1.56. The first kappa shape index (κ1) is 22.5. The van der Waals surface area contributed by atoms with Gasteiger partial charge in [-0.05, 0) is 62.1 Å². The Morgan fingerprint density at radius 1 is 1.30 bits per heavy atom. The van der Waals surface area contributed by atoms with Crippen molar-refractivity contribution in [2.75, 3.05) is 33.3 Å². The number of halogens is 1. The van der Waals surface area contributed by atoms with Crippen molar-refractivity contribution in [3.05, 3.63) is 29.6 Å². The number of unbranched alkanes of at least 4 members (excludes halogenated alkanes) is 2. The van der Waals surface area contributed by atoms with Crippen LogP contribution in [0.4, 0.5) is 9.18 Å². The van der Waals surface area contributed by atoms with E-state index in [4.69, 9.17) is 4.74 Å². The molecular weight excluding hydrogens is 387 g/mol. The maximum Gasteiger partial charge on any atom is 0.317 e. The molecule has 0 aliphatic heterocycles. The number of nitrogens with one attached hydrogen (secondary N) is 3. The summed E-state index contributed by atoms with van der Waals surface area (Å²) in [5, 5.41) is 2.55. The van der Waals surface area contributed by atoms with Crippen LogP contribution >= 0.6 is 0 Å². The number of rotatable bonds is 14. The van der Waals surface area contributed by atoms with E-state index < -0.39 is 0 Å². The molecule has 0 aromatic heterocycles. The van der Waals surface area contributed by atoms with Crippen LogP contribution in [0.25, 0.3) is 0 Å². The van der Waals surface area contributed by atoms with Gasteiger partial charge >= 0.3 is 6.03 Å². The molecule has 30 heavy (non-hydrogen) atoms. The Bertz CT molecular complexity index is 722. The number of aldehydes is 1. The fraction of sp³-hybridized carbons (Fsp3) is 0.636. The molecule has 2 saturated carbocycles. The lowest BCUT2D eigenvalue weighted by Crippen LogP contribution is -2.41. The van der Waals surface area contributed by atoms with Crippen molar-refractivity contribution < 1.29 is 18.7 Å². The topological polar surface area (TPSA) is 82.7 Å². The van der Waals surface area contributed by atoms with Gasteiger partial charge in [-0.2, -0.15) is 0 Å². The molecule has 8 heteroatoms. The number of carbonyl (C=O) groups is 2. The average Bonchev–Trinajstić information content (AvgIpc) is 3.67. The Morgan fingerprint density at radius 3 is 2.77 bits per heavy atom. The van der Waals surface area contributed by atoms with Crippen LogP contribution in [0.1, 0.15) is 50.5 Å². The molecule has 0 atom stereocenters. The highest BCUT2D eigenvalue weighted by atomic mass is 19.1. The second kappa shape index (κ2) is 10.7. The van der Waals surface area contributed by atoms with Crippen molar-refractivity contribution in [1.29, 1.82) is 0 Å². The third kappa shape index (κ3) is 6.40. The number of benzene rings is 1. The highest BCUT2D eigenvalue weighted by Crippen LogP contribution is 2.46. The van der Waals surface area contributed by atoms with Crippen molar-refractivity contribution in [1.82, 2.24) is 21.1 Å². The summed E-state index contributed by atoms with van der Waals surface area (Å²) >= 11 is 0. The molecule has 0 heterocycles. The van der Waals surface area contributed by atoms with Crippen molar-refractivity contribution in [2.45, 2.75) is 50.5 Å². The minimum atomic E-state index is -0.302. The van der Waals surface area contributed by atoms with E-state index in [1.807, 2.05) is 12.1 Å². The molecule has 0 radical (unpaired) electrons. The molecule has 166 valence electrons. The predicted octanol–water partition coefficient (Wildman–Crippen LogP) is 2.71. The first-order chi connectivity index (χ1) is 14.6. The van der Waals surface area contributed by atoms with Crippen molar-refractivity contribution in [2.24, 2.45) is 5.92 Å². The smallest absolute Gasteiger partial charge is 0.317 e. The number of nitrogens with zero attached hydrogens (tertiary/aromatic N) is 1.